The third-order valence-electron chi connectivity index (χ3n) is 4.38. The lowest BCUT2D eigenvalue weighted by Crippen LogP contribution is -2.08. The first-order valence-corrected chi connectivity index (χ1v) is 9.42. The van der Waals surface area contributed by atoms with Gasteiger partial charge in [0.25, 0.3) is 5.69 Å². The molecule has 0 aliphatic carbocycles. The molecule has 0 atom stereocenters. The molecule has 9 heteroatoms. The monoisotopic (exact) mass is 398 g/mol. The number of aldehydes is 1. The van der Waals surface area contributed by atoms with Crippen molar-refractivity contribution < 1.29 is 14.5 Å². The summed E-state index contributed by atoms with van der Waals surface area (Å²) in [5.41, 5.74) is 1.85. The zero-order valence-corrected chi connectivity index (χ0v) is 16.2. The van der Waals surface area contributed by atoms with E-state index < -0.39 is 10.7 Å². The number of aromatic nitrogens is 2. The van der Waals surface area contributed by atoms with E-state index in [-0.39, 0.29) is 18.5 Å². The van der Waals surface area contributed by atoms with Crippen LogP contribution in [0.5, 0.6) is 0 Å². The predicted molar refractivity (Wildman–Crippen MR) is 107 cm³/mol. The van der Waals surface area contributed by atoms with Crippen molar-refractivity contribution in [2.45, 2.75) is 33.2 Å². The molecule has 3 aromatic rings. The van der Waals surface area contributed by atoms with E-state index >= 15 is 0 Å². The highest BCUT2D eigenvalue weighted by Crippen LogP contribution is 2.33. The molecule has 2 aromatic heterocycles. The molecule has 0 aliphatic rings. The quantitative estimate of drug-likeness (QED) is 0.267. The summed E-state index contributed by atoms with van der Waals surface area (Å²) in [5, 5.41) is 15.1. The average molecular weight is 398 g/mol. The van der Waals surface area contributed by atoms with Gasteiger partial charge in [-0.25, -0.2) is 9.97 Å². The van der Waals surface area contributed by atoms with Gasteiger partial charge in [-0.05, 0) is 25.0 Å². The van der Waals surface area contributed by atoms with Gasteiger partial charge in [-0.2, -0.15) is 0 Å². The number of fused-ring (bicyclic) bond motifs is 1. The molecular weight excluding hydrogens is 380 g/mol. The van der Waals surface area contributed by atoms with Gasteiger partial charge in [0, 0.05) is 36.4 Å². The van der Waals surface area contributed by atoms with Crippen molar-refractivity contribution >= 4 is 45.1 Å². The minimum atomic E-state index is -0.492. The molecule has 0 unspecified atom stereocenters. The number of Topliss-reactive ketones (excluding diaryl/α,β-unsaturated/α-hetero) is 1. The van der Waals surface area contributed by atoms with E-state index in [1.54, 1.807) is 23.5 Å². The lowest BCUT2D eigenvalue weighted by atomic mass is 10.1. The van der Waals surface area contributed by atoms with Crippen LogP contribution in [0.25, 0.3) is 10.2 Å². The standard InChI is InChI=1S/C19H18N4O4S/c1-11-12(2)28-19-17(11)18(21-16(22-19)7-6-15(25)10-24)20-9-13-4-3-5-14(8-13)23(26)27/h3-5,8,10H,6-7,9H2,1-2H3,(H,20,21,22). The summed E-state index contributed by atoms with van der Waals surface area (Å²) in [7, 11) is 0. The molecule has 8 nitrogen and oxygen atoms in total. The van der Waals surface area contributed by atoms with Gasteiger partial charge in [0.15, 0.2) is 12.1 Å². The van der Waals surface area contributed by atoms with Gasteiger partial charge in [-0.15, -0.1) is 11.3 Å². The maximum Gasteiger partial charge on any atom is 0.269 e. The molecule has 0 bridgehead atoms. The van der Waals surface area contributed by atoms with Gasteiger partial charge < -0.3 is 5.32 Å². The van der Waals surface area contributed by atoms with E-state index in [2.05, 4.69) is 15.3 Å². The molecule has 1 aromatic carbocycles. The Balaban J connectivity index is 1.91. The Kier molecular flexibility index (Phi) is 5.74. The molecule has 0 radical (unpaired) electrons. The second-order valence-corrected chi connectivity index (χ2v) is 7.52. The molecular formula is C19H18N4O4S. The second kappa shape index (κ2) is 8.22. The van der Waals surface area contributed by atoms with Crippen LogP contribution in [0.4, 0.5) is 11.5 Å². The fraction of sp³-hybridized carbons (Fsp3) is 0.263. The Morgan fingerprint density at radius 1 is 1.32 bits per heavy atom. The molecule has 0 aliphatic heterocycles. The van der Waals surface area contributed by atoms with Gasteiger partial charge in [0.05, 0.1) is 10.3 Å². The summed E-state index contributed by atoms with van der Waals surface area (Å²) in [5.74, 6) is 0.603. The van der Waals surface area contributed by atoms with E-state index in [9.17, 15) is 19.7 Å². The topological polar surface area (TPSA) is 115 Å². The Bertz CT molecular complexity index is 1080. The number of nitro groups is 1. The molecule has 0 fully saturated rings. The first-order valence-electron chi connectivity index (χ1n) is 8.61. The van der Waals surface area contributed by atoms with E-state index in [0.717, 1.165) is 26.2 Å². The number of nitrogens with one attached hydrogen (secondary N) is 1. The van der Waals surface area contributed by atoms with Crippen molar-refractivity contribution in [2.75, 3.05) is 5.32 Å². The Hall–Kier alpha value is -3.20. The van der Waals surface area contributed by atoms with Crippen LogP contribution >= 0.6 is 11.3 Å². The minimum Gasteiger partial charge on any atom is -0.365 e. The number of non-ortho nitro benzene ring substituents is 1. The van der Waals surface area contributed by atoms with Crippen molar-refractivity contribution in [3.8, 4) is 0 Å². The SMILES string of the molecule is Cc1sc2nc(CCC(=O)C=O)nc(NCc3cccc([N+](=O)[O-])c3)c2c1C. The number of hydrogen-bond donors (Lipinski definition) is 1. The van der Waals surface area contributed by atoms with Crippen LogP contribution in [-0.4, -0.2) is 27.0 Å². The number of aryl methyl sites for hydroxylation is 3. The molecule has 28 heavy (non-hydrogen) atoms. The third kappa shape index (κ3) is 4.20. The first kappa shape index (κ1) is 19.6. The number of benzene rings is 1. The summed E-state index contributed by atoms with van der Waals surface area (Å²) in [6.45, 7) is 4.35. The van der Waals surface area contributed by atoms with Crippen LogP contribution in [0, 0.1) is 24.0 Å². The number of rotatable bonds is 8. The number of anilines is 1. The number of carbonyl (C=O) groups excluding carboxylic acids is 2. The van der Waals surface area contributed by atoms with Crippen molar-refractivity contribution in [1.82, 2.24) is 9.97 Å². The number of nitrogens with zero attached hydrogens (tertiary/aromatic N) is 3. The summed E-state index contributed by atoms with van der Waals surface area (Å²) < 4.78 is 0. The van der Waals surface area contributed by atoms with Gasteiger partial charge in [0.1, 0.15) is 16.5 Å². The van der Waals surface area contributed by atoms with Crippen molar-refractivity contribution in [2.24, 2.45) is 0 Å². The highest BCUT2D eigenvalue weighted by molar-refractivity contribution is 7.18. The molecule has 0 spiro atoms. The second-order valence-electron chi connectivity index (χ2n) is 6.32. The number of nitro benzene ring substituents is 1. The Morgan fingerprint density at radius 2 is 2.11 bits per heavy atom. The van der Waals surface area contributed by atoms with Crippen LogP contribution in [0.1, 0.15) is 28.2 Å². The number of thiophene rings is 1. The fourth-order valence-corrected chi connectivity index (χ4v) is 3.84. The Morgan fingerprint density at radius 3 is 2.82 bits per heavy atom. The summed E-state index contributed by atoms with van der Waals surface area (Å²) >= 11 is 1.54. The number of carbonyl (C=O) groups is 2. The van der Waals surface area contributed by atoms with Crippen molar-refractivity contribution in [1.29, 1.82) is 0 Å². The van der Waals surface area contributed by atoms with Gasteiger partial charge >= 0.3 is 0 Å². The molecule has 2 heterocycles. The molecule has 3 rings (SSSR count). The maximum absolute atomic E-state index is 11.3. The lowest BCUT2D eigenvalue weighted by Gasteiger charge is -2.10. The smallest absolute Gasteiger partial charge is 0.269 e. The van der Waals surface area contributed by atoms with Crippen LogP contribution in [0.2, 0.25) is 0 Å². The predicted octanol–water partition coefficient (Wildman–Crippen LogP) is 3.53. The van der Waals surface area contributed by atoms with Crippen LogP contribution in [0.15, 0.2) is 24.3 Å². The van der Waals surface area contributed by atoms with Gasteiger partial charge in [-0.1, -0.05) is 12.1 Å². The highest BCUT2D eigenvalue weighted by atomic mass is 32.1. The molecule has 144 valence electrons. The van der Waals surface area contributed by atoms with Gasteiger partial charge in [0.2, 0.25) is 0 Å². The normalized spacial score (nSPS) is 10.8. The maximum atomic E-state index is 11.3. The van der Waals surface area contributed by atoms with E-state index in [1.807, 2.05) is 13.8 Å². The molecule has 0 saturated heterocycles. The first-order chi connectivity index (χ1) is 13.4. The molecule has 0 amide bonds. The highest BCUT2D eigenvalue weighted by Gasteiger charge is 2.15. The van der Waals surface area contributed by atoms with Crippen molar-refractivity contribution in [3.63, 3.8) is 0 Å². The molecule has 1 N–H and O–H groups in total. The van der Waals surface area contributed by atoms with Gasteiger partial charge in [-0.3, -0.25) is 19.7 Å². The summed E-state index contributed by atoms with van der Waals surface area (Å²) in [4.78, 5) is 43.4. The zero-order chi connectivity index (χ0) is 20.3. The zero-order valence-electron chi connectivity index (χ0n) is 15.4. The van der Waals surface area contributed by atoms with Crippen LogP contribution < -0.4 is 5.32 Å². The fourth-order valence-electron chi connectivity index (χ4n) is 2.79. The van der Waals surface area contributed by atoms with E-state index in [0.29, 0.717) is 24.5 Å². The Labute approximate surface area is 164 Å². The summed E-state index contributed by atoms with van der Waals surface area (Å²) in [6.07, 6.45) is 0.636. The van der Waals surface area contributed by atoms with Crippen molar-refractivity contribution in [3.05, 3.63) is 56.2 Å². The largest absolute Gasteiger partial charge is 0.365 e. The third-order valence-corrected chi connectivity index (χ3v) is 5.48. The molecule has 0 saturated carbocycles. The van der Waals surface area contributed by atoms with Crippen LogP contribution in [-0.2, 0) is 22.6 Å². The van der Waals surface area contributed by atoms with E-state index in [1.165, 1.54) is 12.1 Å². The number of hydrogen-bond acceptors (Lipinski definition) is 8. The average Bonchev–Trinajstić information content (AvgIpc) is 2.98. The van der Waals surface area contributed by atoms with Crippen LogP contribution in [0.3, 0.4) is 0 Å². The number of ketones is 1. The lowest BCUT2D eigenvalue weighted by molar-refractivity contribution is -0.384. The minimum absolute atomic E-state index is 0.0303. The van der Waals surface area contributed by atoms with E-state index in [4.69, 9.17) is 0 Å². The summed E-state index contributed by atoms with van der Waals surface area (Å²) in [6, 6.07) is 6.40.